The maximum Gasteiger partial charge on any atom is 0.259 e. The molecule has 3 rings (SSSR count). The molecule has 0 saturated carbocycles. The average molecular weight is 405 g/mol. The predicted molar refractivity (Wildman–Crippen MR) is 121 cm³/mol. The minimum Gasteiger partial charge on any atom is -0.483 e. The molecule has 0 aliphatic heterocycles. The van der Waals surface area contributed by atoms with Crippen molar-refractivity contribution in [1.82, 2.24) is 5.32 Å². The number of anilines is 1. The van der Waals surface area contributed by atoms with Gasteiger partial charge in [0.2, 0.25) is 0 Å². The van der Waals surface area contributed by atoms with Crippen molar-refractivity contribution in [2.45, 2.75) is 33.7 Å². The van der Waals surface area contributed by atoms with Gasteiger partial charge < -0.3 is 15.4 Å². The summed E-state index contributed by atoms with van der Waals surface area (Å²) < 4.78 is 5.80. The van der Waals surface area contributed by atoms with Crippen LogP contribution in [0.15, 0.2) is 60.7 Å². The van der Waals surface area contributed by atoms with Crippen molar-refractivity contribution in [1.29, 1.82) is 0 Å². The molecule has 5 nitrogen and oxygen atoms in total. The standard InChI is InChI=1S/C25H28N2O3/c1-16(2)18(4)26-24(28)15-30-23-14-20-11-7-6-10-19(20)13-21(23)25(29)27-22-12-8-5-9-17(22)3/h5-14,16,18H,15H2,1-4H3,(H,26,28)(H,27,29). The van der Waals surface area contributed by atoms with Gasteiger partial charge >= 0.3 is 0 Å². The minimum atomic E-state index is -0.277. The summed E-state index contributed by atoms with van der Waals surface area (Å²) in [7, 11) is 0. The molecule has 3 aromatic carbocycles. The molecular formula is C25H28N2O3. The van der Waals surface area contributed by atoms with Crippen LogP contribution in [0.3, 0.4) is 0 Å². The van der Waals surface area contributed by atoms with Gasteiger partial charge in [0.1, 0.15) is 5.75 Å². The van der Waals surface area contributed by atoms with E-state index in [0.717, 1.165) is 22.0 Å². The Morgan fingerprint density at radius 3 is 2.23 bits per heavy atom. The number of para-hydroxylation sites is 1. The lowest BCUT2D eigenvalue weighted by Crippen LogP contribution is -2.39. The third-order valence-electron chi connectivity index (χ3n) is 5.23. The van der Waals surface area contributed by atoms with E-state index in [0.29, 0.717) is 17.2 Å². The van der Waals surface area contributed by atoms with Gasteiger partial charge in [0.15, 0.2) is 6.61 Å². The molecule has 0 fully saturated rings. The molecule has 156 valence electrons. The largest absolute Gasteiger partial charge is 0.483 e. The normalized spacial score (nSPS) is 11.9. The van der Waals surface area contributed by atoms with E-state index >= 15 is 0 Å². The second kappa shape index (κ2) is 9.44. The highest BCUT2D eigenvalue weighted by Gasteiger charge is 2.17. The zero-order chi connectivity index (χ0) is 21.7. The summed E-state index contributed by atoms with van der Waals surface area (Å²) in [5, 5.41) is 7.73. The first-order chi connectivity index (χ1) is 14.3. The first-order valence-corrected chi connectivity index (χ1v) is 10.2. The van der Waals surface area contributed by atoms with Crippen LogP contribution in [0.5, 0.6) is 5.75 Å². The van der Waals surface area contributed by atoms with E-state index in [1.807, 2.05) is 76.2 Å². The highest BCUT2D eigenvalue weighted by Crippen LogP contribution is 2.27. The van der Waals surface area contributed by atoms with Gasteiger partial charge in [-0.15, -0.1) is 0 Å². The molecule has 0 saturated heterocycles. The lowest BCUT2D eigenvalue weighted by atomic mass is 10.0. The van der Waals surface area contributed by atoms with Gasteiger partial charge in [-0.2, -0.15) is 0 Å². The maximum absolute atomic E-state index is 13.1. The lowest BCUT2D eigenvalue weighted by molar-refractivity contribution is -0.124. The fourth-order valence-corrected chi connectivity index (χ4v) is 3.02. The first kappa shape index (κ1) is 21.4. The average Bonchev–Trinajstić information content (AvgIpc) is 2.73. The maximum atomic E-state index is 13.1. The Morgan fingerprint density at radius 2 is 1.57 bits per heavy atom. The number of aryl methyl sites for hydroxylation is 1. The third-order valence-corrected chi connectivity index (χ3v) is 5.23. The lowest BCUT2D eigenvalue weighted by Gasteiger charge is -2.18. The Kier molecular flexibility index (Phi) is 6.72. The Balaban J connectivity index is 1.86. The quantitative estimate of drug-likeness (QED) is 0.586. The summed E-state index contributed by atoms with van der Waals surface area (Å²) in [4.78, 5) is 25.3. The second-order valence-electron chi connectivity index (χ2n) is 7.85. The number of hydrogen-bond acceptors (Lipinski definition) is 3. The van der Waals surface area contributed by atoms with Crippen molar-refractivity contribution in [2.24, 2.45) is 5.92 Å². The smallest absolute Gasteiger partial charge is 0.259 e. The van der Waals surface area contributed by atoms with Gasteiger partial charge in [0.25, 0.3) is 11.8 Å². The molecular weight excluding hydrogens is 376 g/mol. The molecule has 0 heterocycles. The van der Waals surface area contributed by atoms with Crippen molar-refractivity contribution in [3.63, 3.8) is 0 Å². The molecule has 1 unspecified atom stereocenters. The topological polar surface area (TPSA) is 67.4 Å². The Morgan fingerprint density at radius 1 is 0.933 bits per heavy atom. The van der Waals surface area contributed by atoms with Crippen LogP contribution >= 0.6 is 0 Å². The number of ether oxygens (including phenoxy) is 1. The molecule has 0 aliphatic carbocycles. The molecule has 0 aromatic heterocycles. The first-order valence-electron chi connectivity index (χ1n) is 10.2. The summed E-state index contributed by atoms with van der Waals surface area (Å²) in [5.74, 6) is 0.216. The Labute approximate surface area is 177 Å². The molecule has 0 aliphatic rings. The number of hydrogen-bond donors (Lipinski definition) is 2. The van der Waals surface area contributed by atoms with Crippen LogP contribution in [0.1, 0.15) is 36.7 Å². The molecule has 0 bridgehead atoms. The van der Waals surface area contributed by atoms with Crippen LogP contribution in [0.25, 0.3) is 10.8 Å². The van der Waals surface area contributed by atoms with Crippen molar-refractivity contribution >= 4 is 28.3 Å². The number of nitrogens with one attached hydrogen (secondary N) is 2. The molecule has 3 aromatic rings. The number of rotatable bonds is 7. The second-order valence-corrected chi connectivity index (χ2v) is 7.85. The van der Waals surface area contributed by atoms with Crippen LogP contribution < -0.4 is 15.4 Å². The van der Waals surface area contributed by atoms with Gasteiger partial charge in [0, 0.05) is 11.7 Å². The molecule has 0 radical (unpaired) electrons. The van der Waals surface area contributed by atoms with E-state index in [1.54, 1.807) is 12.1 Å². The monoisotopic (exact) mass is 404 g/mol. The molecule has 2 amide bonds. The number of carbonyl (C=O) groups excluding carboxylic acids is 2. The number of amides is 2. The molecule has 1 atom stereocenters. The van der Waals surface area contributed by atoms with Crippen LogP contribution in [0.4, 0.5) is 5.69 Å². The SMILES string of the molecule is Cc1ccccc1NC(=O)c1cc2ccccc2cc1OCC(=O)NC(C)C(C)C. The van der Waals surface area contributed by atoms with E-state index in [9.17, 15) is 9.59 Å². The number of benzene rings is 3. The van der Waals surface area contributed by atoms with Crippen LogP contribution in [0.2, 0.25) is 0 Å². The van der Waals surface area contributed by atoms with Crippen molar-refractivity contribution in [3.8, 4) is 5.75 Å². The van der Waals surface area contributed by atoms with Crippen molar-refractivity contribution in [2.75, 3.05) is 11.9 Å². The predicted octanol–water partition coefficient (Wildman–Crippen LogP) is 4.94. The van der Waals surface area contributed by atoms with Gasteiger partial charge in [-0.1, -0.05) is 56.3 Å². The van der Waals surface area contributed by atoms with E-state index in [2.05, 4.69) is 10.6 Å². The summed E-state index contributed by atoms with van der Waals surface area (Å²) in [6.07, 6.45) is 0. The van der Waals surface area contributed by atoms with Crippen molar-refractivity contribution < 1.29 is 14.3 Å². The minimum absolute atomic E-state index is 0.0431. The highest BCUT2D eigenvalue weighted by atomic mass is 16.5. The zero-order valence-corrected chi connectivity index (χ0v) is 17.9. The summed E-state index contributed by atoms with van der Waals surface area (Å²) in [6.45, 7) is 7.83. The summed E-state index contributed by atoms with van der Waals surface area (Å²) in [6, 6.07) is 19.0. The highest BCUT2D eigenvalue weighted by molar-refractivity contribution is 6.09. The van der Waals surface area contributed by atoms with Crippen LogP contribution in [0, 0.1) is 12.8 Å². The van der Waals surface area contributed by atoms with Crippen LogP contribution in [-0.4, -0.2) is 24.5 Å². The van der Waals surface area contributed by atoms with Gasteiger partial charge in [0.05, 0.1) is 5.56 Å². The van der Waals surface area contributed by atoms with E-state index < -0.39 is 0 Å². The Hall–Kier alpha value is -3.34. The van der Waals surface area contributed by atoms with Gasteiger partial charge in [-0.25, -0.2) is 0 Å². The summed E-state index contributed by atoms with van der Waals surface area (Å²) in [5.41, 5.74) is 2.10. The number of carbonyl (C=O) groups is 2. The Bertz CT molecular complexity index is 1060. The molecule has 5 heteroatoms. The van der Waals surface area contributed by atoms with Gasteiger partial charge in [-0.05, 0) is 54.3 Å². The molecule has 0 spiro atoms. The van der Waals surface area contributed by atoms with Crippen LogP contribution in [-0.2, 0) is 4.79 Å². The van der Waals surface area contributed by atoms with E-state index in [-0.39, 0.29) is 24.5 Å². The van der Waals surface area contributed by atoms with E-state index in [4.69, 9.17) is 4.74 Å². The summed E-state index contributed by atoms with van der Waals surface area (Å²) >= 11 is 0. The molecule has 30 heavy (non-hydrogen) atoms. The van der Waals surface area contributed by atoms with Crippen molar-refractivity contribution in [3.05, 3.63) is 71.8 Å². The fourth-order valence-electron chi connectivity index (χ4n) is 3.02. The fraction of sp³-hybridized carbons (Fsp3) is 0.280. The van der Waals surface area contributed by atoms with E-state index in [1.165, 1.54) is 0 Å². The molecule has 2 N–H and O–H groups in total. The van der Waals surface area contributed by atoms with Gasteiger partial charge in [-0.3, -0.25) is 9.59 Å². The third kappa shape index (κ3) is 5.17. The number of fused-ring (bicyclic) bond motifs is 1. The zero-order valence-electron chi connectivity index (χ0n) is 17.9.